The Morgan fingerprint density at radius 2 is 2.35 bits per heavy atom. The van der Waals surface area contributed by atoms with Gasteiger partial charge >= 0.3 is 0 Å². The molecule has 0 radical (unpaired) electrons. The zero-order valence-electron chi connectivity index (χ0n) is 9.86. The molecule has 1 aromatic rings. The number of aromatic nitrogens is 1. The molecule has 0 aliphatic heterocycles. The highest BCUT2D eigenvalue weighted by Crippen LogP contribution is 2.21. The number of hydrogen-bond donors (Lipinski definition) is 1. The summed E-state index contributed by atoms with van der Waals surface area (Å²) < 4.78 is 6.80. The Labute approximate surface area is 105 Å². The van der Waals surface area contributed by atoms with Crippen molar-refractivity contribution in [1.82, 2.24) is 4.57 Å². The second-order valence-corrected chi connectivity index (χ2v) is 4.64. The maximum Gasteiger partial charge on any atom is 0.261 e. The van der Waals surface area contributed by atoms with Gasteiger partial charge in [0.1, 0.15) is 4.99 Å². The first kappa shape index (κ1) is 12.3. The van der Waals surface area contributed by atoms with Crippen LogP contribution in [0.4, 0.5) is 0 Å². The highest BCUT2D eigenvalue weighted by Gasteiger charge is 2.19. The van der Waals surface area contributed by atoms with Crippen molar-refractivity contribution < 1.29 is 4.74 Å². The molecule has 2 N–H and O–H groups in total. The predicted molar refractivity (Wildman–Crippen MR) is 70.5 cm³/mol. The molecule has 92 valence electrons. The lowest BCUT2D eigenvalue weighted by Gasteiger charge is -2.13. The SMILES string of the molecule is COCCn1c2c(cc(C(N)=S)c1=O)CCC2. The molecule has 0 bridgehead atoms. The van der Waals surface area contributed by atoms with E-state index in [-0.39, 0.29) is 10.5 Å². The largest absolute Gasteiger partial charge is 0.389 e. The molecule has 2 rings (SSSR count). The van der Waals surface area contributed by atoms with Gasteiger partial charge in [-0.2, -0.15) is 0 Å². The molecule has 0 atom stereocenters. The van der Waals surface area contributed by atoms with Crippen molar-refractivity contribution in [3.8, 4) is 0 Å². The molecule has 1 aliphatic rings. The number of pyridine rings is 1. The van der Waals surface area contributed by atoms with E-state index in [2.05, 4.69) is 0 Å². The number of fused-ring (bicyclic) bond motifs is 1. The summed E-state index contributed by atoms with van der Waals surface area (Å²) in [7, 11) is 1.63. The lowest BCUT2D eigenvalue weighted by atomic mass is 10.1. The van der Waals surface area contributed by atoms with Crippen LogP contribution in [0.1, 0.15) is 23.2 Å². The molecule has 0 unspecified atom stereocenters. The van der Waals surface area contributed by atoms with Crippen LogP contribution in [0, 0.1) is 0 Å². The third kappa shape index (κ3) is 2.25. The molecule has 0 aromatic carbocycles. The summed E-state index contributed by atoms with van der Waals surface area (Å²) in [6.45, 7) is 1.08. The standard InChI is InChI=1S/C12H16N2O2S/c1-16-6-5-14-10-4-2-3-8(10)7-9(11(13)17)12(14)15/h7H,2-6H2,1H3,(H2,13,17). The van der Waals surface area contributed by atoms with Gasteiger partial charge in [0.25, 0.3) is 5.56 Å². The van der Waals surface area contributed by atoms with E-state index >= 15 is 0 Å². The Kier molecular flexibility index (Phi) is 3.59. The number of nitrogens with two attached hydrogens (primary N) is 1. The molecule has 4 nitrogen and oxygen atoms in total. The lowest BCUT2D eigenvalue weighted by molar-refractivity contribution is 0.185. The van der Waals surface area contributed by atoms with E-state index in [1.54, 1.807) is 11.7 Å². The van der Waals surface area contributed by atoms with Gasteiger partial charge in [-0.05, 0) is 30.9 Å². The summed E-state index contributed by atoms with van der Waals surface area (Å²) >= 11 is 4.93. The fourth-order valence-electron chi connectivity index (χ4n) is 2.31. The van der Waals surface area contributed by atoms with Crippen LogP contribution in [-0.4, -0.2) is 23.3 Å². The van der Waals surface area contributed by atoms with Crippen molar-refractivity contribution in [1.29, 1.82) is 0 Å². The Morgan fingerprint density at radius 3 is 3.00 bits per heavy atom. The van der Waals surface area contributed by atoms with E-state index in [0.29, 0.717) is 18.7 Å². The van der Waals surface area contributed by atoms with E-state index in [9.17, 15) is 4.79 Å². The Bertz CT molecular complexity index is 508. The van der Waals surface area contributed by atoms with Crippen LogP contribution in [-0.2, 0) is 24.1 Å². The molecular formula is C12H16N2O2S. The van der Waals surface area contributed by atoms with Gasteiger partial charge in [-0.25, -0.2) is 0 Å². The Hall–Kier alpha value is -1.20. The van der Waals surface area contributed by atoms with E-state index in [1.807, 2.05) is 6.07 Å². The number of thiocarbonyl (C=S) groups is 1. The minimum atomic E-state index is -0.0878. The molecule has 1 aliphatic carbocycles. The summed E-state index contributed by atoms with van der Waals surface area (Å²) in [5, 5.41) is 0. The number of hydrogen-bond acceptors (Lipinski definition) is 3. The van der Waals surface area contributed by atoms with Crippen LogP contribution in [0.2, 0.25) is 0 Å². The van der Waals surface area contributed by atoms with Crippen LogP contribution in [0.15, 0.2) is 10.9 Å². The Morgan fingerprint density at radius 1 is 1.59 bits per heavy atom. The van der Waals surface area contributed by atoms with Gasteiger partial charge in [0.2, 0.25) is 0 Å². The fraction of sp³-hybridized carbons (Fsp3) is 0.500. The first-order valence-corrected chi connectivity index (χ1v) is 6.10. The van der Waals surface area contributed by atoms with Crippen molar-refractivity contribution in [3.05, 3.63) is 33.2 Å². The Balaban J connectivity index is 2.54. The minimum Gasteiger partial charge on any atom is -0.389 e. The molecule has 17 heavy (non-hydrogen) atoms. The molecule has 0 saturated heterocycles. The zero-order valence-corrected chi connectivity index (χ0v) is 10.7. The van der Waals surface area contributed by atoms with Crippen molar-refractivity contribution >= 4 is 17.2 Å². The predicted octanol–water partition coefficient (Wildman–Crippen LogP) is 0.618. The second-order valence-electron chi connectivity index (χ2n) is 4.20. The molecular weight excluding hydrogens is 236 g/mol. The molecule has 0 spiro atoms. The minimum absolute atomic E-state index is 0.0878. The average molecular weight is 252 g/mol. The number of ether oxygens (including phenoxy) is 1. The number of methoxy groups -OCH3 is 1. The van der Waals surface area contributed by atoms with E-state index < -0.39 is 0 Å². The maximum atomic E-state index is 12.2. The van der Waals surface area contributed by atoms with Gasteiger partial charge in [-0.3, -0.25) is 4.79 Å². The molecule has 1 aromatic heterocycles. The highest BCUT2D eigenvalue weighted by molar-refractivity contribution is 7.80. The highest BCUT2D eigenvalue weighted by atomic mass is 32.1. The van der Waals surface area contributed by atoms with E-state index in [1.165, 1.54) is 5.56 Å². The second kappa shape index (κ2) is 4.98. The topological polar surface area (TPSA) is 57.2 Å². The van der Waals surface area contributed by atoms with Crippen LogP contribution in [0.3, 0.4) is 0 Å². The summed E-state index contributed by atoms with van der Waals surface area (Å²) in [5.41, 5.74) is 8.28. The van der Waals surface area contributed by atoms with Crippen LogP contribution in [0.25, 0.3) is 0 Å². The van der Waals surface area contributed by atoms with Crippen molar-refractivity contribution in [3.63, 3.8) is 0 Å². The van der Waals surface area contributed by atoms with Gasteiger partial charge in [0.05, 0.1) is 12.2 Å². The van der Waals surface area contributed by atoms with Crippen LogP contribution < -0.4 is 11.3 Å². The fourth-order valence-corrected chi connectivity index (χ4v) is 2.46. The monoisotopic (exact) mass is 252 g/mol. The summed E-state index contributed by atoms with van der Waals surface area (Å²) in [5.74, 6) is 0. The van der Waals surface area contributed by atoms with Gasteiger partial charge in [-0.15, -0.1) is 0 Å². The van der Waals surface area contributed by atoms with Gasteiger partial charge in [-0.1, -0.05) is 12.2 Å². The van der Waals surface area contributed by atoms with Crippen LogP contribution in [0.5, 0.6) is 0 Å². The normalized spacial score (nSPS) is 13.7. The smallest absolute Gasteiger partial charge is 0.261 e. The third-order valence-corrected chi connectivity index (χ3v) is 3.35. The number of aryl methyl sites for hydroxylation is 1. The quantitative estimate of drug-likeness (QED) is 0.798. The van der Waals surface area contributed by atoms with Crippen LogP contribution >= 0.6 is 12.2 Å². The third-order valence-electron chi connectivity index (χ3n) is 3.13. The number of rotatable bonds is 4. The number of nitrogens with zero attached hydrogens (tertiary/aromatic N) is 1. The van der Waals surface area contributed by atoms with Crippen molar-refractivity contribution in [2.45, 2.75) is 25.8 Å². The first-order chi connectivity index (χ1) is 8.15. The average Bonchev–Trinajstić information content (AvgIpc) is 2.74. The molecule has 1 heterocycles. The van der Waals surface area contributed by atoms with E-state index in [0.717, 1.165) is 25.0 Å². The van der Waals surface area contributed by atoms with E-state index in [4.69, 9.17) is 22.7 Å². The lowest BCUT2D eigenvalue weighted by Crippen LogP contribution is -2.32. The maximum absolute atomic E-state index is 12.2. The summed E-state index contributed by atoms with van der Waals surface area (Å²) in [4.78, 5) is 12.4. The zero-order chi connectivity index (χ0) is 12.4. The van der Waals surface area contributed by atoms with Gasteiger partial charge in [0.15, 0.2) is 0 Å². The molecule has 0 fully saturated rings. The first-order valence-electron chi connectivity index (χ1n) is 5.69. The molecule has 0 saturated carbocycles. The molecule has 0 amide bonds. The van der Waals surface area contributed by atoms with Gasteiger partial charge in [0, 0.05) is 19.3 Å². The van der Waals surface area contributed by atoms with Gasteiger partial charge < -0.3 is 15.0 Å². The molecule has 5 heteroatoms. The summed E-state index contributed by atoms with van der Waals surface area (Å²) in [6, 6.07) is 1.86. The van der Waals surface area contributed by atoms with Crippen molar-refractivity contribution in [2.24, 2.45) is 5.73 Å². The van der Waals surface area contributed by atoms with Crippen molar-refractivity contribution in [2.75, 3.05) is 13.7 Å². The summed E-state index contributed by atoms with van der Waals surface area (Å²) in [6.07, 6.45) is 3.03.